The molecule has 6 nitrogen and oxygen atoms in total. The van der Waals surface area contributed by atoms with Crippen LogP contribution >= 0.6 is 0 Å². The standard InChI is InChI=1S/C14H16N2O4/c17-8-10(12-6-3-7-19-12)15-14(18)13-9-4-1-2-5-11(9)20-16-13/h3,6-7,10,17H,1-2,4-5,8H2,(H,15,18). The summed E-state index contributed by atoms with van der Waals surface area (Å²) in [6.07, 6.45) is 5.25. The van der Waals surface area contributed by atoms with Gasteiger partial charge in [-0.25, -0.2) is 0 Å². The molecule has 0 aromatic carbocycles. The molecule has 2 aromatic rings. The Labute approximate surface area is 115 Å². The van der Waals surface area contributed by atoms with Gasteiger partial charge < -0.3 is 19.4 Å². The molecule has 1 amide bonds. The first-order valence-electron chi connectivity index (χ1n) is 6.72. The minimum absolute atomic E-state index is 0.237. The third kappa shape index (κ3) is 2.34. The highest BCUT2D eigenvalue weighted by atomic mass is 16.5. The van der Waals surface area contributed by atoms with E-state index in [0.29, 0.717) is 11.5 Å². The molecular weight excluding hydrogens is 260 g/mol. The minimum atomic E-state index is -0.576. The van der Waals surface area contributed by atoms with Gasteiger partial charge in [0, 0.05) is 12.0 Å². The van der Waals surface area contributed by atoms with Crippen LogP contribution in [0.5, 0.6) is 0 Å². The largest absolute Gasteiger partial charge is 0.467 e. The number of aryl methyl sites for hydroxylation is 1. The Bertz CT molecular complexity index is 588. The zero-order valence-corrected chi connectivity index (χ0v) is 11.0. The molecule has 3 rings (SSSR count). The van der Waals surface area contributed by atoms with E-state index >= 15 is 0 Å². The van der Waals surface area contributed by atoms with Gasteiger partial charge >= 0.3 is 0 Å². The van der Waals surface area contributed by atoms with E-state index in [2.05, 4.69) is 10.5 Å². The summed E-state index contributed by atoms with van der Waals surface area (Å²) < 4.78 is 10.4. The molecule has 106 valence electrons. The molecule has 1 aliphatic carbocycles. The Kier molecular flexibility index (Phi) is 3.56. The number of nitrogens with zero attached hydrogens (tertiary/aromatic N) is 1. The Morgan fingerprint density at radius 3 is 3.05 bits per heavy atom. The van der Waals surface area contributed by atoms with E-state index in [9.17, 15) is 9.90 Å². The summed E-state index contributed by atoms with van der Waals surface area (Å²) in [4.78, 5) is 12.3. The van der Waals surface area contributed by atoms with Gasteiger partial charge in [-0.3, -0.25) is 4.79 Å². The molecule has 0 bridgehead atoms. The maximum Gasteiger partial charge on any atom is 0.274 e. The highest BCUT2D eigenvalue weighted by molar-refractivity contribution is 5.94. The predicted molar refractivity (Wildman–Crippen MR) is 69.1 cm³/mol. The van der Waals surface area contributed by atoms with Crippen molar-refractivity contribution in [3.8, 4) is 0 Å². The first-order chi connectivity index (χ1) is 9.79. The zero-order valence-electron chi connectivity index (χ0n) is 11.0. The van der Waals surface area contributed by atoms with Crippen LogP contribution in [0.3, 0.4) is 0 Å². The summed E-state index contributed by atoms with van der Waals surface area (Å²) >= 11 is 0. The van der Waals surface area contributed by atoms with E-state index in [1.165, 1.54) is 6.26 Å². The molecule has 0 fully saturated rings. The molecule has 0 aliphatic heterocycles. The normalized spacial score (nSPS) is 15.7. The van der Waals surface area contributed by atoms with Crippen molar-refractivity contribution in [2.45, 2.75) is 31.7 Å². The van der Waals surface area contributed by atoms with Gasteiger partial charge in [-0.05, 0) is 31.4 Å². The van der Waals surface area contributed by atoms with Gasteiger partial charge in [0.1, 0.15) is 17.6 Å². The highest BCUT2D eigenvalue weighted by Crippen LogP contribution is 2.24. The third-order valence-electron chi connectivity index (χ3n) is 3.54. The van der Waals surface area contributed by atoms with E-state index in [1.54, 1.807) is 12.1 Å². The average Bonchev–Trinajstić information content (AvgIpc) is 3.13. The quantitative estimate of drug-likeness (QED) is 0.885. The van der Waals surface area contributed by atoms with Gasteiger partial charge in [0.2, 0.25) is 0 Å². The fourth-order valence-corrected chi connectivity index (χ4v) is 2.49. The second kappa shape index (κ2) is 5.50. The number of carbonyl (C=O) groups is 1. The van der Waals surface area contributed by atoms with Crippen LogP contribution in [-0.4, -0.2) is 22.8 Å². The molecule has 1 atom stereocenters. The van der Waals surface area contributed by atoms with Crippen molar-refractivity contribution < 1.29 is 18.8 Å². The number of aliphatic hydroxyl groups is 1. The van der Waals surface area contributed by atoms with E-state index in [-0.39, 0.29) is 12.5 Å². The molecule has 0 saturated heterocycles. The lowest BCUT2D eigenvalue weighted by Crippen LogP contribution is -2.31. The van der Waals surface area contributed by atoms with E-state index in [1.807, 2.05) is 0 Å². The Balaban J connectivity index is 1.77. The van der Waals surface area contributed by atoms with Gasteiger partial charge in [-0.1, -0.05) is 5.16 Å². The van der Waals surface area contributed by atoms with Crippen LogP contribution in [-0.2, 0) is 12.8 Å². The van der Waals surface area contributed by atoms with Crippen LogP contribution in [0.4, 0.5) is 0 Å². The number of furan rings is 1. The van der Waals surface area contributed by atoms with Crippen molar-refractivity contribution in [2.24, 2.45) is 0 Å². The second-order valence-electron chi connectivity index (χ2n) is 4.86. The zero-order chi connectivity index (χ0) is 13.9. The Morgan fingerprint density at radius 2 is 2.30 bits per heavy atom. The molecule has 0 spiro atoms. The van der Waals surface area contributed by atoms with Crippen LogP contribution < -0.4 is 5.32 Å². The molecule has 0 saturated carbocycles. The van der Waals surface area contributed by atoms with Gasteiger partial charge in [-0.15, -0.1) is 0 Å². The summed E-state index contributed by atoms with van der Waals surface area (Å²) in [5.74, 6) is 0.977. The van der Waals surface area contributed by atoms with Crippen LogP contribution in [0.15, 0.2) is 27.3 Å². The predicted octanol–water partition coefficient (Wildman–Crippen LogP) is 1.61. The monoisotopic (exact) mass is 276 g/mol. The number of carbonyl (C=O) groups excluding carboxylic acids is 1. The molecule has 1 aliphatic rings. The number of hydrogen-bond donors (Lipinski definition) is 2. The number of aromatic nitrogens is 1. The van der Waals surface area contributed by atoms with E-state index in [4.69, 9.17) is 8.94 Å². The smallest absolute Gasteiger partial charge is 0.274 e. The SMILES string of the molecule is O=C(NC(CO)c1ccco1)c1noc2c1CCCC2. The number of hydrogen-bond acceptors (Lipinski definition) is 5. The summed E-state index contributed by atoms with van der Waals surface area (Å²) in [7, 11) is 0. The molecular formula is C14H16N2O4. The molecule has 6 heteroatoms. The lowest BCUT2D eigenvalue weighted by Gasteiger charge is -2.14. The third-order valence-corrected chi connectivity index (χ3v) is 3.54. The number of rotatable bonds is 4. The topological polar surface area (TPSA) is 88.5 Å². The van der Waals surface area contributed by atoms with Crippen LogP contribution in [0.1, 0.15) is 46.5 Å². The van der Waals surface area contributed by atoms with Gasteiger partial charge in [0.25, 0.3) is 5.91 Å². The summed E-state index contributed by atoms with van der Waals surface area (Å²) in [5.41, 5.74) is 1.22. The highest BCUT2D eigenvalue weighted by Gasteiger charge is 2.26. The minimum Gasteiger partial charge on any atom is -0.467 e. The fraction of sp³-hybridized carbons (Fsp3) is 0.429. The van der Waals surface area contributed by atoms with Gasteiger partial charge in [0.15, 0.2) is 5.69 Å². The van der Waals surface area contributed by atoms with E-state index in [0.717, 1.165) is 37.0 Å². The van der Waals surface area contributed by atoms with Crippen molar-refractivity contribution in [1.29, 1.82) is 0 Å². The van der Waals surface area contributed by atoms with Crippen molar-refractivity contribution in [1.82, 2.24) is 10.5 Å². The Morgan fingerprint density at radius 1 is 1.45 bits per heavy atom. The number of aliphatic hydroxyl groups excluding tert-OH is 1. The van der Waals surface area contributed by atoms with Crippen LogP contribution in [0.2, 0.25) is 0 Å². The summed E-state index contributed by atoms with van der Waals surface area (Å²) in [5, 5.41) is 15.9. The fourth-order valence-electron chi connectivity index (χ4n) is 2.49. The lowest BCUT2D eigenvalue weighted by atomic mass is 9.96. The lowest BCUT2D eigenvalue weighted by molar-refractivity contribution is 0.0897. The number of nitrogens with one attached hydrogen (secondary N) is 1. The molecule has 2 N–H and O–H groups in total. The van der Waals surface area contributed by atoms with Crippen molar-refractivity contribution >= 4 is 5.91 Å². The molecule has 2 heterocycles. The van der Waals surface area contributed by atoms with Crippen molar-refractivity contribution in [2.75, 3.05) is 6.61 Å². The molecule has 2 aromatic heterocycles. The van der Waals surface area contributed by atoms with Crippen molar-refractivity contribution in [3.05, 3.63) is 41.2 Å². The molecule has 20 heavy (non-hydrogen) atoms. The van der Waals surface area contributed by atoms with Crippen LogP contribution in [0.25, 0.3) is 0 Å². The summed E-state index contributed by atoms with van der Waals surface area (Å²) in [6.45, 7) is -0.237. The second-order valence-corrected chi connectivity index (χ2v) is 4.86. The first-order valence-corrected chi connectivity index (χ1v) is 6.72. The Hall–Kier alpha value is -2.08. The van der Waals surface area contributed by atoms with Crippen LogP contribution in [0, 0.1) is 0 Å². The number of amides is 1. The maximum absolute atomic E-state index is 12.3. The van der Waals surface area contributed by atoms with Crippen molar-refractivity contribution in [3.63, 3.8) is 0 Å². The van der Waals surface area contributed by atoms with Gasteiger partial charge in [-0.2, -0.15) is 0 Å². The first kappa shape index (κ1) is 12.9. The maximum atomic E-state index is 12.3. The summed E-state index contributed by atoms with van der Waals surface area (Å²) in [6, 6.07) is 2.84. The van der Waals surface area contributed by atoms with E-state index < -0.39 is 6.04 Å². The average molecular weight is 276 g/mol. The molecule has 0 radical (unpaired) electrons. The number of fused-ring (bicyclic) bond motifs is 1. The molecule has 1 unspecified atom stereocenters. The van der Waals surface area contributed by atoms with Gasteiger partial charge in [0.05, 0.1) is 12.9 Å².